The fourth-order valence-corrected chi connectivity index (χ4v) is 1.76. The van der Waals surface area contributed by atoms with Gasteiger partial charge in [0.05, 0.1) is 6.04 Å². The first-order valence-electron chi connectivity index (χ1n) is 4.45. The van der Waals surface area contributed by atoms with Crippen molar-refractivity contribution < 1.29 is 26.7 Å². The molecule has 1 aromatic heterocycles. The molecule has 0 aliphatic heterocycles. The Morgan fingerprint density at radius 1 is 1.35 bits per heavy atom. The van der Waals surface area contributed by atoms with Gasteiger partial charge in [-0.1, -0.05) is 6.07 Å². The number of carbonyl (C=O) groups excluding carboxylic acids is 1. The van der Waals surface area contributed by atoms with Gasteiger partial charge in [-0.05, 0) is 18.4 Å². The molecule has 0 aliphatic carbocycles. The smallest absolute Gasteiger partial charge is 0.343 e. The second-order valence-corrected chi connectivity index (χ2v) is 4.26. The minimum Gasteiger partial charge on any atom is -0.343 e. The quantitative estimate of drug-likeness (QED) is 0.842. The molecule has 0 fully saturated rings. The first-order chi connectivity index (χ1) is 7.66. The van der Waals surface area contributed by atoms with Gasteiger partial charge < -0.3 is 5.32 Å². The van der Waals surface area contributed by atoms with Gasteiger partial charge in [-0.15, -0.1) is 11.3 Å². The van der Waals surface area contributed by atoms with Crippen LogP contribution in [0.2, 0.25) is 0 Å². The first kappa shape index (κ1) is 13.9. The van der Waals surface area contributed by atoms with Crippen molar-refractivity contribution in [2.24, 2.45) is 0 Å². The van der Waals surface area contributed by atoms with Gasteiger partial charge in [0, 0.05) is 4.88 Å². The molecule has 1 rings (SSSR count). The van der Waals surface area contributed by atoms with Crippen LogP contribution < -0.4 is 5.32 Å². The standard InChI is InChI=1S/C9H8F5NOS/c1-5(6-3-2-4-17-6)15-7(16)8(10,11)9(12,13)14/h2-5H,1H3,(H,15,16). The molecule has 1 unspecified atom stereocenters. The highest BCUT2D eigenvalue weighted by atomic mass is 32.1. The average molecular weight is 273 g/mol. The van der Waals surface area contributed by atoms with Gasteiger partial charge >= 0.3 is 18.0 Å². The summed E-state index contributed by atoms with van der Waals surface area (Å²) < 4.78 is 60.8. The van der Waals surface area contributed by atoms with Crippen LogP contribution >= 0.6 is 11.3 Å². The maximum Gasteiger partial charge on any atom is 0.463 e. The first-order valence-corrected chi connectivity index (χ1v) is 5.33. The zero-order valence-electron chi connectivity index (χ0n) is 8.52. The number of nitrogens with one attached hydrogen (secondary N) is 1. The van der Waals surface area contributed by atoms with Crippen LogP contribution in [0.5, 0.6) is 0 Å². The van der Waals surface area contributed by atoms with Crippen LogP contribution in [0.25, 0.3) is 0 Å². The number of thiophene rings is 1. The van der Waals surface area contributed by atoms with E-state index in [2.05, 4.69) is 0 Å². The highest BCUT2D eigenvalue weighted by molar-refractivity contribution is 7.10. The third kappa shape index (κ3) is 2.93. The molecule has 0 bridgehead atoms. The van der Waals surface area contributed by atoms with E-state index in [1.54, 1.807) is 16.8 Å². The SMILES string of the molecule is CC(NC(=O)C(F)(F)C(F)(F)F)c1cccs1. The highest BCUT2D eigenvalue weighted by Gasteiger charge is 2.63. The predicted octanol–water partition coefficient (Wildman–Crippen LogP) is 3.12. The van der Waals surface area contributed by atoms with E-state index in [1.807, 2.05) is 0 Å². The fourth-order valence-electron chi connectivity index (χ4n) is 1.02. The Kier molecular flexibility index (Phi) is 3.75. The Morgan fingerprint density at radius 2 is 1.94 bits per heavy atom. The van der Waals surface area contributed by atoms with Crippen LogP contribution in [-0.2, 0) is 4.79 Å². The Balaban J connectivity index is 2.73. The van der Waals surface area contributed by atoms with E-state index in [9.17, 15) is 26.7 Å². The lowest BCUT2D eigenvalue weighted by Crippen LogP contribution is -2.50. The van der Waals surface area contributed by atoms with Gasteiger partial charge in [0.2, 0.25) is 0 Å². The highest BCUT2D eigenvalue weighted by Crippen LogP contribution is 2.36. The van der Waals surface area contributed by atoms with Crippen LogP contribution in [0.1, 0.15) is 17.8 Å². The van der Waals surface area contributed by atoms with Crippen LogP contribution in [0.3, 0.4) is 0 Å². The summed E-state index contributed by atoms with van der Waals surface area (Å²) in [4.78, 5) is 11.3. The second-order valence-electron chi connectivity index (χ2n) is 3.28. The molecule has 0 radical (unpaired) electrons. The predicted molar refractivity (Wildman–Crippen MR) is 51.9 cm³/mol. The number of halogens is 5. The molecule has 96 valence electrons. The van der Waals surface area contributed by atoms with Crippen molar-refractivity contribution in [2.75, 3.05) is 0 Å². The van der Waals surface area contributed by atoms with Crippen molar-refractivity contribution in [1.82, 2.24) is 5.32 Å². The minimum absolute atomic E-state index is 0.497. The van der Waals surface area contributed by atoms with Crippen LogP contribution in [0, 0.1) is 0 Å². The molecule has 1 aromatic rings. The van der Waals surface area contributed by atoms with E-state index in [0.29, 0.717) is 4.88 Å². The number of carbonyl (C=O) groups is 1. The van der Waals surface area contributed by atoms with Gasteiger partial charge in [-0.25, -0.2) is 0 Å². The summed E-state index contributed by atoms with van der Waals surface area (Å²) in [6.07, 6.45) is -5.88. The summed E-state index contributed by atoms with van der Waals surface area (Å²) in [6, 6.07) is 2.24. The monoisotopic (exact) mass is 273 g/mol. The number of hydrogen-bond donors (Lipinski definition) is 1. The number of rotatable bonds is 3. The van der Waals surface area contributed by atoms with Gasteiger partial charge in [-0.3, -0.25) is 4.79 Å². The number of hydrogen-bond acceptors (Lipinski definition) is 2. The summed E-state index contributed by atoms with van der Waals surface area (Å²) in [5.41, 5.74) is 0. The molecule has 17 heavy (non-hydrogen) atoms. The molecule has 1 amide bonds. The molecule has 1 heterocycles. The van der Waals surface area contributed by atoms with Crippen LogP contribution in [0.15, 0.2) is 17.5 Å². The molecule has 0 spiro atoms. The maximum absolute atomic E-state index is 12.6. The second kappa shape index (κ2) is 4.59. The Labute approximate surface area is 97.4 Å². The van der Waals surface area contributed by atoms with Crippen LogP contribution in [-0.4, -0.2) is 18.0 Å². The van der Waals surface area contributed by atoms with E-state index in [4.69, 9.17) is 0 Å². The van der Waals surface area contributed by atoms with Crippen LogP contribution in [0.4, 0.5) is 22.0 Å². The van der Waals surface area contributed by atoms with Crippen molar-refractivity contribution in [1.29, 1.82) is 0 Å². The Morgan fingerprint density at radius 3 is 2.35 bits per heavy atom. The lowest BCUT2D eigenvalue weighted by molar-refractivity contribution is -0.270. The minimum atomic E-state index is -5.88. The normalized spacial score (nSPS) is 14.5. The molecule has 0 aliphatic rings. The summed E-state index contributed by atoms with van der Waals surface area (Å²) in [5, 5.41) is 3.26. The molecule has 1 N–H and O–H groups in total. The average Bonchev–Trinajstić information content (AvgIpc) is 2.68. The molecule has 8 heteroatoms. The van der Waals surface area contributed by atoms with Crippen molar-refractivity contribution in [2.45, 2.75) is 25.1 Å². The van der Waals surface area contributed by atoms with Crippen molar-refractivity contribution in [3.63, 3.8) is 0 Å². The van der Waals surface area contributed by atoms with Gasteiger partial charge in [-0.2, -0.15) is 22.0 Å². The summed E-state index contributed by atoms with van der Waals surface area (Å²) in [6.45, 7) is 1.33. The van der Waals surface area contributed by atoms with E-state index in [0.717, 1.165) is 11.3 Å². The van der Waals surface area contributed by atoms with E-state index in [1.165, 1.54) is 13.0 Å². The van der Waals surface area contributed by atoms with Gasteiger partial charge in [0.25, 0.3) is 0 Å². The third-order valence-electron chi connectivity index (χ3n) is 1.96. The fraction of sp³-hybridized carbons (Fsp3) is 0.444. The Hall–Kier alpha value is -1.18. The largest absolute Gasteiger partial charge is 0.463 e. The number of amides is 1. The summed E-state index contributed by atoms with van der Waals surface area (Å²) in [7, 11) is 0. The van der Waals surface area contributed by atoms with E-state index >= 15 is 0 Å². The molecular formula is C9H8F5NOS. The molecule has 0 saturated carbocycles. The molecule has 0 aromatic carbocycles. The molecule has 2 nitrogen and oxygen atoms in total. The molecule has 0 saturated heterocycles. The van der Waals surface area contributed by atoms with E-state index < -0.39 is 24.0 Å². The topological polar surface area (TPSA) is 29.1 Å². The lowest BCUT2D eigenvalue weighted by Gasteiger charge is -2.21. The Bertz CT molecular complexity index is 387. The van der Waals surface area contributed by atoms with Crippen molar-refractivity contribution >= 4 is 17.2 Å². The maximum atomic E-state index is 12.6. The zero-order valence-corrected chi connectivity index (χ0v) is 9.33. The lowest BCUT2D eigenvalue weighted by atomic mass is 10.2. The molecule has 1 atom stereocenters. The molecular weight excluding hydrogens is 265 g/mol. The van der Waals surface area contributed by atoms with Crippen molar-refractivity contribution in [3.05, 3.63) is 22.4 Å². The van der Waals surface area contributed by atoms with E-state index in [-0.39, 0.29) is 0 Å². The van der Waals surface area contributed by atoms with Crippen molar-refractivity contribution in [3.8, 4) is 0 Å². The number of alkyl halides is 5. The van der Waals surface area contributed by atoms with Gasteiger partial charge in [0.1, 0.15) is 0 Å². The zero-order chi connectivity index (χ0) is 13.3. The van der Waals surface area contributed by atoms with Gasteiger partial charge in [0.15, 0.2) is 0 Å². The summed E-state index contributed by atoms with van der Waals surface area (Å²) >= 11 is 1.15. The third-order valence-corrected chi connectivity index (χ3v) is 3.01. The summed E-state index contributed by atoms with van der Waals surface area (Å²) in [5.74, 6) is -7.72.